The first kappa shape index (κ1) is 14.3. The average Bonchev–Trinajstić information content (AvgIpc) is 2.68. The van der Waals surface area contributed by atoms with Crippen LogP contribution in [-0.2, 0) is 4.74 Å². The van der Waals surface area contributed by atoms with Gasteiger partial charge in [-0.3, -0.25) is 0 Å². The summed E-state index contributed by atoms with van der Waals surface area (Å²) in [6.07, 6.45) is 9.05. The summed E-state index contributed by atoms with van der Waals surface area (Å²) < 4.78 is 5.31. The Morgan fingerprint density at radius 1 is 1.25 bits per heavy atom. The van der Waals surface area contributed by atoms with Gasteiger partial charge in [-0.15, -0.1) is 0 Å². The lowest BCUT2D eigenvalue weighted by Crippen LogP contribution is -2.51. The highest BCUT2D eigenvalue weighted by Crippen LogP contribution is 2.54. The number of fused-ring (bicyclic) bond motifs is 1. The number of hydrogen-bond donors (Lipinski definition) is 2. The van der Waals surface area contributed by atoms with Crippen LogP contribution >= 0.6 is 0 Å². The molecule has 1 heterocycles. The topological polar surface area (TPSA) is 49.7 Å². The Balaban J connectivity index is 1.89. The van der Waals surface area contributed by atoms with Crippen LogP contribution in [0.5, 0.6) is 0 Å². The third kappa shape index (κ3) is 2.16. The van der Waals surface area contributed by atoms with Gasteiger partial charge in [-0.1, -0.05) is 39.0 Å². The quantitative estimate of drug-likeness (QED) is 0.725. The molecule has 2 aliphatic carbocycles. The molecule has 0 radical (unpaired) electrons. The maximum absolute atomic E-state index is 11.3. The molecule has 3 nitrogen and oxygen atoms in total. The van der Waals surface area contributed by atoms with Crippen molar-refractivity contribution in [2.75, 3.05) is 6.61 Å². The van der Waals surface area contributed by atoms with Crippen LogP contribution in [-0.4, -0.2) is 28.7 Å². The molecule has 112 valence electrons. The van der Waals surface area contributed by atoms with E-state index in [9.17, 15) is 10.2 Å². The lowest BCUT2D eigenvalue weighted by molar-refractivity contribution is -0.0888. The van der Waals surface area contributed by atoms with Crippen LogP contribution in [0.4, 0.5) is 0 Å². The van der Waals surface area contributed by atoms with Crippen molar-refractivity contribution in [3.8, 4) is 0 Å². The minimum atomic E-state index is -0.754. The molecule has 0 aromatic carbocycles. The minimum Gasteiger partial charge on any atom is -0.389 e. The van der Waals surface area contributed by atoms with Gasteiger partial charge in [0.25, 0.3) is 0 Å². The van der Waals surface area contributed by atoms with Crippen LogP contribution in [0, 0.1) is 16.7 Å². The number of ether oxygens (including phenoxy) is 1. The number of aliphatic hydroxyl groups is 2. The van der Waals surface area contributed by atoms with Gasteiger partial charge >= 0.3 is 0 Å². The first-order chi connectivity index (χ1) is 9.25. The predicted molar refractivity (Wildman–Crippen MR) is 78.0 cm³/mol. The molecule has 0 amide bonds. The SMILES string of the molecule is CC1(C)CC=CC(C)([C@@]2(O)CC=C3C(O)OC[C@H]3C2)C1. The zero-order chi connectivity index (χ0) is 14.6. The van der Waals surface area contributed by atoms with E-state index >= 15 is 0 Å². The standard InChI is InChI=1S/C17H26O3/c1-15(2)6-4-7-16(3,11-15)17(19)8-5-13-12(9-17)10-20-14(13)18/h4-5,7,12,14,18-19H,6,8-11H2,1-3H3/t12-,14?,16?,17-/m1/s1. The van der Waals surface area contributed by atoms with E-state index in [1.807, 2.05) is 6.08 Å². The van der Waals surface area contributed by atoms with Gasteiger partial charge in [0.15, 0.2) is 6.29 Å². The summed E-state index contributed by atoms with van der Waals surface area (Å²) in [7, 11) is 0. The Morgan fingerprint density at radius 2 is 2.00 bits per heavy atom. The molecular formula is C17H26O3. The molecule has 3 rings (SSSR count). The largest absolute Gasteiger partial charge is 0.389 e. The Bertz CT molecular complexity index is 465. The summed E-state index contributed by atoms with van der Waals surface area (Å²) in [6.45, 7) is 7.24. The number of allylic oxidation sites excluding steroid dienone is 1. The maximum Gasteiger partial charge on any atom is 0.177 e. The molecule has 20 heavy (non-hydrogen) atoms. The first-order valence-electron chi connectivity index (χ1n) is 7.64. The molecule has 2 N–H and O–H groups in total. The lowest BCUT2D eigenvalue weighted by atomic mass is 9.57. The van der Waals surface area contributed by atoms with Crippen molar-refractivity contribution in [3.63, 3.8) is 0 Å². The monoisotopic (exact) mass is 278 g/mol. The summed E-state index contributed by atoms with van der Waals surface area (Å²) in [4.78, 5) is 0. The molecule has 1 saturated heterocycles. The van der Waals surface area contributed by atoms with Gasteiger partial charge in [0.2, 0.25) is 0 Å². The first-order valence-corrected chi connectivity index (χ1v) is 7.64. The van der Waals surface area contributed by atoms with Crippen LogP contribution in [0.25, 0.3) is 0 Å². The van der Waals surface area contributed by atoms with Crippen LogP contribution in [0.3, 0.4) is 0 Å². The van der Waals surface area contributed by atoms with Crippen molar-refractivity contribution in [1.82, 2.24) is 0 Å². The highest BCUT2D eigenvalue weighted by Gasteiger charge is 2.52. The van der Waals surface area contributed by atoms with Crippen LogP contribution in [0.1, 0.15) is 46.5 Å². The molecule has 4 atom stereocenters. The molecule has 0 saturated carbocycles. The zero-order valence-electron chi connectivity index (χ0n) is 12.7. The third-order valence-corrected chi connectivity index (χ3v) is 5.54. The van der Waals surface area contributed by atoms with Crippen molar-refractivity contribution < 1.29 is 14.9 Å². The van der Waals surface area contributed by atoms with Crippen molar-refractivity contribution in [2.45, 2.75) is 58.3 Å². The Kier molecular flexibility index (Phi) is 3.16. The van der Waals surface area contributed by atoms with Crippen molar-refractivity contribution in [3.05, 3.63) is 23.8 Å². The molecule has 1 aliphatic heterocycles. The molecule has 1 fully saturated rings. The molecule has 0 aromatic rings. The molecule has 3 heteroatoms. The molecule has 0 aromatic heterocycles. The Hall–Kier alpha value is -0.640. The second-order valence-corrected chi connectivity index (χ2v) is 7.89. The van der Waals surface area contributed by atoms with Crippen molar-refractivity contribution in [2.24, 2.45) is 16.7 Å². The van der Waals surface area contributed by atoms with E-state index < -0.39 is 11.9 Å². The van der Waals surface area contributed by atoms with Gasteiger partial charge in [-0.25, -0.2) is 0 Å². The molecule has 3 aliphatic rings. The number of hydrogen-bond acceptors (Lipinski definition) is 3. The van der Waals surface area contributed by atoms with Gasteiger partial charge in [0.05, 0.1) is 12.2 Å². The van der Waals surface area contributed by atoms with Crippen molar-refractivity contribution >= 4 is 0 Å². The van der Waals surface area contributed by atoms with E-state index in [1.165, 1.54) is 0 Å². The van der Waals surface area contributed by atoms with E-state index in [2.05, 4.69) is 32.9 Å². The van der Waals surface area contributed by atoms with E-state index in [0.29, 0.717) is 19.4 Å². The normalized spacial score (nSPS) is 47.0. The van der Waals surface area contributed by atoms with E-state index in [1.54, 1.807) is 0 Å². The Morgan fingerprint density at radius 3 is 2.70 bits per heavy atom. The Labute approximate surface area is 121 Å². The predicted octanol–water partition coefficient (Wildman–Crippen LogP) is 2.79. The van der Waals surface area contributed by atoms with E-state index in [4.69, 9.17) is 4.74 Å². The minimum absolute atomic E-state index is 0.166. The van der Waals surface area contributed by atoms with Crippen LogP contribution in [0.2, 0.25) is 0 Å². The fraction of sp³-hybridized carbons (Fsp3) is 0.765. The summed E-state index contributed by atoms with van der Waals surface area (Å²) in [5.74, 6) is 0.166. The van der Waals surface area contributed by atoms with E-state index in [0.717, 1.165) is 18.4 Å². The molecule has 0 bridgehead atoms. The number of aliphatic hydroxyl groups excluding tert-OH is 1. The second-order valence-electron chi connectivity index (χ2n) is 7.89. The van der Waals surface area contributed by atoms with Gasteiger partial charge in [-0.2, -0.15) is 0 Å². The van der Waals surface area contributed by atoms with Crippen LogP contribution < -0.4 is 0 Å². The fourth-order valence-electron chi connectivity index (χ4n) is 4.37. The zero-order valence-corrected chi connectivity index (χ0v) is 12.7. The van der Waals surface area contributed by atoms with Crippen molar-refractivity contribution in [1.29, 1.82) is 0 Å². The highest BCUT2D eigenvalue weighted by atomic mass is 16.6. The summed E-state index contributed by atoms with van der Waals surface area (Å²) in [6, 6.07) is 0. The number of rotatable bonds is 1. The van der Waals surface area contributed by atoms with E-state index in [-0.39, 0.29) is 16.7 Å². The lowest BCUT2D eigenvalue weighted by Gasteiger charge is -2.51. The van der Waals surface area contributed by atoms with Gasteiger partial charge < -0.3 is 14.9 Å². The average molecular weight is 278 g/mol. The van der Waals surface area contributed by atoms with Gasteiger partial charge in [0, 0.05) is 11.3 Å². The molecular weight excluding hydrogens is 252 g/mol. The fourth-order valence-corrected chi connectivity index (χ4v) is 4.37. The third-order valence-electron chi connectivity index (χ3n) is 5.54. The maximum atomic E-state index is 11.3. The smallest absolute Gasteiger partial charge is 0.177 e. The van der Waals surface area contributed by atoms with Gasteiger partial charge in [-0.05, 0) is 36.7 Å². The summed E-state index contributed by atoms with van der Waals surface area (Å²) in [5.41, 5.74) is 0.263. The summed E-state index contributed by atoms with van der Waals surface area (Å²) in [5, 5.41) is 21.1. The molecule has 0 spiro atoms. The molecule has 2 unspecified atom stereocenters. The summed E-state index contributed by atoms with van der Waals surface area (Å²) >= 11 is 0. The highest BCUT2D eigenvalue weighted by molar-refractivity contribution is 5.25. The van der Waals surface area contributed by atoms with Gasteiger partial charge in [0.1, 0.15) is 0 Å². The van der Waals surface area contributed by atoms with Crippen LogP contribution in [0.15, 0.2) is 23.8 Å². The second kappa shape index (κ2) is 4.43.